The third kappa shape index (κ3) is 3.10. The number of hydrogen-bond donors (Lipinski definition) is 0. The van der Waals surface area contributed by atoms with Gasteiger partial charge in [-0.3, -0.25) is 0 Å². The number of ether oxygens (including phenoxy) is 1. The maximum Gasteiger partial charge on any atom is 0.387 e. The molecule has 0 amide bonds. The van der Waals surface area contributed by atoms with E-state index in [1.54, 1.807) is 12.1 Å². The maximum atomic E-state index is 11.8. The molecule has 1 nitrogen and oxygen atoms in total. The summed E-state index contributed by atoms with van der Waals surface area (Å²) in [6.45, 7) is 1.02. The van der Waals surface area contributed by atoms with Crippen molar-refractivity contribution in [3.63, 3.8) is 0 Å². The summed E-state index contributed by atoms with van der Waals surface area (Å²) in [5.74, 6) is 0.158. The lowest BCUT2D eigenvalue weighted by atomic mass is 10.1. The molecule has 0 fully saturated rings. The molecule has 76 valence electrons. The lowest BCUT2D eigenvalue weighted by molar-refractivity contribution is -0.0498. The fourth-order valence-electron chi connectivity index (χ4n) is 0.949. The van der Waals surface area contributed by atoms with Gasteiger partial charge in [-0.2, -0.15) is 8.78 Å². The normalized spacial score (nSPS) is 10.3. The lowest BCUT2D eigenvalue weighted by Crippen LogP contribution is -2.01. The van der Waals surface area contributed by atoms with Crippen molar-refractivity contribution < 1.29 is 13.5 Å². The van der Waals surface area contributed by atoms with Gasteiger partial charge < -0.3 is 4.74 Å². The molecule has 4 heteroatoms. The van der Waals surface area contributed by atoms with Gasteiger partial charge in [0.25, 0.3) is 0 Å². The number of allylic oxidation sites excluding steroid dienone is 1. The zero-order valence-electron chi connectivity index (χ0n) is 7.34. The van der Waals surface area contributed by atoms with Crippen LogP contribution >= 0.6 is 15.9 Å². The minimum atomic E-state index is -2.78. The van der Waals surface area contributed by atoms with Crippen LogP contribution < -0.4 is 4.74 Å². The summed E-state index contributed by atoms with van der Waals surface area (Å²) in [6.07, 6.45) is 0. The summed E-state index contributed by atoms with van der Waals surface area (Å²) in [7, 11) is 0. The summed E-state index contributed by atoms with van der Waals surface area (Å²) >= 11 is 3.26. The summed E-state index contributed by atoms with van der Waals surface area (Å²) in [5.41, 5.74) is 1.80. The van der Waals surface area contributed by atoms with E-state index in [-0.39, 0.29) is 5.75 Å². The van der Waals surface area contributed by atoms with Crippen LogP contribution in [0.5, 0.6) is 5.75 Å². The van der Waals surface area contributed by atoms with Crippen molar-refractivity contribution in [2.45, 2.75) is 6.61 Å². The fraction of sp³-hybridized carbons (Fsp3) is 0.200. The van der Waals surface area contributed by atoms with E-state index in [2.05, 4.69) is 27.2 Å². The molecule has 0 aliphatic carbocycles. The Balaban J connectivity index is 2.73. The Hall–Kier alpha value is -0.900. The van der Waals surface area contributed by atoms with Gasteiger partial charge in [0.1, 0.15) is 5.75 Å². The molecular weight excluding hydrogens is 254 g/mol. The molecule has 1 rings (SSSR count). The largest absolute Gasteiger partial charge is 0.435 e. The van der Waals surface area contributed by atoms with Crippen LogP contribution in [0, 0.1) is 0 Å². The van der Waals surface area contributed by atoms with Gasteiger partial charge in [-0.15, -0.1) is 0 Å². The van der Waals surface area contributed by atoms with E-state index in [1.165, 1.54) is 12.1 Å². The number of hydrogen-bond acceptors (Lipinski definition) is 1. The zero-order chi connectivity index (χ0) is 10.6. The van der Waals surface area contributed by atoms with Crippen molar-refractivity contribution in [2.24, 2.45) is 0 Å². The van der Waals surface area contributed by atoms with Crippen LogP contribution in [0.3, 0.4) is 0 Å². The molecule has 0 atom stereocenters. The Kier molecular flexibility index (Phi) is 4.07. The monoisotopic (exact) mass is 262 g/mol. The molecule has 0 N–H and O–H groups in total. The second kappa shape index (κ2) is 5.10. The topological polar surface area (TPSA) is 9.23 Å². The SMILES string of the molecule is C=C(CBr)c1ccc(OC(F)F)cc1. The lowest BCUT2D eigenvalue weighted by Gasteiger charge is -2.05. The van der Waals surface area contributed by atoms with E-state index in [4.69, 9.17) is 0 Å². The van der Waals surface area contributed by atoms with Gasteiger partial charge in [-0.25, -0.2) is 0 Å². The van der Waals surface area contributed by atoms with Crippen molar-refractivity contribution in [1.29, 1.82) is 0 Å². The third-order valence-electron chi connectivity index (χ3n) is 1.65. The molecular formula is C10H9BrF2O. The second-order valence-electron chi connectivity index (χ2n) is 2.64. The highest BCUT2D eigenvalue weighted by molar-refractivity contribution is 9.09. The average molecular weight is 263 g/mol. The highest BCUT2D eigenvalue weighted by Crippen LogP contribution is 2.19. The van der Waals surface area contributed by atoms with Crippen molar-refractivity contribution in [3.8, 4) is 5.75 Å². The van der Waals surface area contributed by atoms with Crippen LogP contribution in [0.25, 0.3) is 5.57 Å². The Bertz CT molecular complexity index is 308. The maximum absolute atomic E-state index is 11.8. The van der Waals surface area contributed by atoms with Gasteiger partial charge in [-0.1, -0.05) is 34.6 Å². The van der Waals surface area contributed by atoms with Crippen LogP contribution in [0.1, 0.15) is 5.56 Å². The molecule has 1 aromatic rings. The van der Waals surface area contributed by atoms with Crippen molar-refractivity contribution in [3.05, 3.63) is 36.4 Å². The molecule has 0 aliphatic rings. The standard InChI is InChI=1S/C10H9BrF2O/c1-7(6-11)8-2-4-9(5-3-8)14-10(12)13/h2-5,10H,1,6H2. The Morgan fingerprint density at radius 2 is 1.93 bits per heavy atom. The first kappa shape index (κ1) is 11.2. The Morgan fingerprint density at radius 3 is 2.36 bits per heavy atom. The summed E-state index contributed by atoms with van der Waals surface area (Å²) in [4.78, 5) is 0. The number of alkyl halides is 3. The van der Waals surface area contributed by atoms with Gasteiger partial charge in [0.05, 0.1) is 0 Å². The van der Waals surface area contributed by atoms with Crippen LogP contribution in [-0.4, -0.2) is 11.9 Å². The highest BCUT2D eigenvalue weighted by Gasteiger charge is 2.04. The fourth-order valence-corrected chi connectivity index (χ4v) is 1.27. The van der Waals surface area contributed by atoms with Gasteiger partial charge in [-0.05, 0) is 23.3 Å². The molecule has 0 heterocycles. The van der Waals surface area contributed by atoms with Crippen LogP contribution in [0.4, 0.5) is 8.78 Å². The molecule has 14 heavy (non-hydrogen) atoms. The molecule has 0 aromatic heterocycles. The van der Waals surface area contributed by atoms with E-state index >= 15 is 0 Å². The summed E-state index contributed by atoms with van der Waals surface area (Å²) < 4.78 is 27.8. The molecule has 0 saturated carbocycles. The predicted molar refractivity (Wildman–Crippen MR) is 55.9 cm³/mol. The second-order valence-corrected chi connectivity index (χ2v) is 3.20. The van der Waals surface area contributed by atoms with E-state index in [1.807, 2.05) is 0 Å². The first-order valence-corrected chi connectivity index (χ1v) is 5.04. The van der Waals surface area contributed by atoms with Crippen LogP contribution in [-0.2, 0) is 0 Å². The molecule has 0 aliphatic heterocycles. The molecule has 0 unspecified atom stereocenters. The van der Waals surface area contributed by atoms with E-state index < -0.39 is 6.61 Å². The van der Waals surface area contributed by atoms with E-state index in [0.29, 0.717) is 5.33 Å². The van der Waals surface area contributed by atoms with Crippen molar-refractivity contribution in [1.82, 2.24) is 0 Å². The zero-order valence-corrected chi connectivity index (χ0v) is 8.93. The highest BCUT2D eigenvalue weighted by atomic mass is 79.9. The summed E-state index contributed by atoms with van der Waals surface area (Å²) in [6, 6.07) is 6.38. The first-order valence-electron chi connectivity index (χ1n) is 3.92. The minimum Gasteiger partial charge on any atom is -0.435 e. The van der Waals surface area contributed by atoms with Gasteiger partial charge in [0.2, 0.25) is 0 Å². The van der Waals surface area contributed by atoms with Crippen LogP contribution in [0.15, 0.2) is 30.8 Å². The number of rotatable bonds is 4. The van der Waals surface area contributed by atoms with Gasteiger partial charge >= 0.3 is 6.61 Å². The average Bonchev–Trinajstić information content (AvgIpc) is 2.17. The molecule has 1 aromatic carbocycles. The van der Waals surface area contributed by atoms with Crippen LogP contribution in [0.2, 0.25) is 0 Å². The smallest absolute Gasteiger partial charge is 0.387 e. The third-order valence-corrected chi connectivity index (χ3v) is 2.33. The minimum absolute atomic E-state index is 0.158. The molecule has 0 saturated heterocycles. The Morgan fingerprint density at radius 1 is 1.36 bits per heavy atom. The molecule has 0 spiro atoms. The van der Waals surface area contributed by atoms with E-state index in [9.17, 15) is 8.78 Å². The number of benzene rings is 1. The molecule has 0 radical (unpaired) electrons. The Labute approximate surface area is 89.5 Å². The number of halogens is 3. The van der Waals surface area contributed by atoms with E-state index in [0.717, 1.165) is 11.1 Å². The van der Waals surface area contributed by atoms with Gasteiger partial charge in [0, 0.05) is 5.33 Å². The quantitative estimate of drug-likeness (QED) is 0.752. The van der Waals surface area contributed by atoms with Crippen molar-refractivity contribution in [2.75, 3.05) is 5.33 Å². The van der Waals surface area contributed by atoms with Gasteiger partial charge in [0.15, 0.2) is 0 Å². The molecule has 0 bridgehead atoms. The first-order chi connectivity index (χ1) is 6.63. The predicted octanol–water partition coefficient (Wildman–Crippen LogP) is 3.70. The van der Waals surface area contributed by atoms with Crippen molar-refractivity contribution >= 4 is 21.5 Å². The summed E-state index contributed by atoms with van der Waals surface area (Å²) in [5, 5.41) is 0.655.